The molecule has 178 valence electrons. The first kappa shape index (κ1) is 24.5. The number of phenols is 1. The highest BCUT2D eigenvalue weighted by Crippen LogP contribution is 2.25. The van der Waals surface area contributed by atoms with Gasteiger partial charge in [-0.05, 0) is 37.6 Å². The summed E-state index contributed by atoms with van der Waals surface area (Å²) in [6.45, 7) is 5.84. The minimum absolute atomic E-state index is 0.00884. The molecule has 1 fully saturated rings. The average molecular weight is 457 g/mol. The Balaban J connectivity index is 1.56. The number of hydrogen-bond acceptors (Lipinski definition) is 8. The minimum atomic E-state index is -0.580. The smallest absolute Gasteiger partial charge is 0.308 e. The number of esters is 1. The number of amides is 1. The zero-order chi connectivity index (χ0) is 23.5. The SMILES string of the molecule is CCOC(=O)CC(NC(=O)c1ccc(OCCNN2CCCNC2)cc1O)c1ccccc1. The monoisotopic (exact) mass is 456 g/mol. The molecule has 1 aliphatic rings. The molecule has 1 aliphatic heterocycles. The predicted octanol–water partition coefficient (Wildman–Crippen LogP) is 1.95. The van der Waals surface area contributed by atoms with Crippen LogP contribution in [0, 0.1) is 0 Å². The van der Waals surface area contributed by atoms with Crippen molar-refractivity contribution < 1.29 is 24.2 Å². The lowest BCUT2D eigenvalue weighted by Gasteiger charge is -2.27. The van der Waals surface area contributed by atoms with Crippen molar-refractivity contribution in [3.8, 4) is 11.5 Å². The van der Waals surface area contributed by atoms with E-state index in [9.17, 15) is 14.7 Å². The van der Waals surface area contributed by atoms with Crippen LogP contribution in [-0.2, 0) is 9.53 Å². The Bertz CT molecular complexity index is 903. The lowest BCUT2D eigenvalue weighted by Crippen LogP contribution is -2.50. The van der Waals surface area contributed by atoms with Crippen LogP contribution < -0.4 is 20.8 Å². The van der Waals surface area contributed by atoms with Crippen LogP contribution in [0.5, 0.6) is 11.5 Å². The zero-order valence-corrected chi connectivity index (χ0v) is 18.9. The number of hydrogen-bond donors (Lipinski definition) is 4. The molecule has 0 saturated carbocycles. The standard InChI is InChI=1S/C24H32N4O5/c1-2-32-23(30)16-21(18-7-4-3-5-8-18)27-24(31)20-10-9-19(15-22(20)29)33-14-12-26-28-13-6-11-25-17-28/h3-5,7-10,15,21,25-26,29H,2,6,11-14,16-17H2,1H3,(H,27,31). The molecule has 0 radical (unpaired) electrons. The fourth-order valence-corrected chi connectivity index (χ4v) is 3.55. The predicted molar refractivity (Wildman–Crippen MR) is 124 cm³/mol. The van der Waals surface area contributed by atoms with Crippen molar-refractivity contribution in [1.82, 2.24) is 21.1 Å². The lowest BCUT2D eigenvalue weighted by atomic mass is 10.0. The molecule has 9 nitrogen and oxygen atoms in total. The summed E-state index contributed by atoms with van der Waals surface area (Å²) < 4.78 is 10.7. The second-order valence-electron chi connectivity index (χ2n) is 7.66. The van der Waals surface area contributed by atoms with E-state index in [1.807, 2.05) is 30.3 Å². The molecule has 0 aromatic heterocycles. The van der Waals surface area contributed by atoms with Crippen LogP contribution >= 0.6 is 0 Å². The van der Waals surface area contributed by atoms with E-state index in [0.717, 1.165) is 31.7 Å². The first-order valence-electron chi connectivity index (χ1n) is 11.2. The van der Waals surface area contributed by atoms with Gasteiger partial charge in [-0.25, -0.2) is 5.01 Å². The molecule has 1 atom stereocenters. The van der Waals surface area contributed by atoms with Crippen molar-refractivity contribution in [2.45, 2.75) is 25.8 Å². The van der Waals surface area contributed by atoms with E-state index >= 15 is 0 Å². The van der Waals surface area contributed by atoms with Gasteiger partial charge < -0.3 is 25.2 Å². The van der Waals surface area contributed by atoms with Gasteiger partial charge in [0.05, 0.1) is 31.3 Å². The molecule has 3 rings (SSSR count). The summed E-state index contributed by atoms with van der Waals surface area (Å²) >= 11 is 0. The van der Waals surface area contributed by atoms with Crippen LogP contribution in [0.4, 0.5) is 0 Å². The second-order valence-corrected chi connectivity index (χ2v) is 7.66. The fraction of sp³-hybridized carbons (Fsp3) is 0.417. The third-order valence-electron chi connectivity index (χ3n) is 5.19. The summed E-state index contributed by atoms with van der Waals surface area (Å²) in [7, 11) is 0. The van der Waals surface area contributed by atoms with Gasteiger partial charge in [0.1, 0.15) is 18.1 Å². The molecule has 4 N–H and O–H groups in total. The summed E-state index contributed by atoms with van der Waals surface area (Å²) in [6.07, 6.45) is 1.08. The van der Waals surface area contributed by atoms with Gasteiger partial charge in [0.2, 0.25) is 0 Å². The van der Waals surface area contributed by atoms with E-state index in [-0.39, 0.29) is 24.3 Å². The summed E-state index contributed by atoms with van der Waals surface area (Å²) in [5.74, 6) is -0.625. The molecular weight excluding hydrogens is 424 g/mol. The van der Waals surface area contributed by atoms with Gasteiger partial charge in [-0.1, -0.05) is 30.3 Å². The van der Waals surface area contributed by atoms with Crippen LogP contribution in [0.1, 0.15) is 41.7 Å². The van der Waals surface area contributed by atoms with Gasteiger partial charge in [0.25, 0.3) is 5.91 Å². The number of ether oxygens (including phenoxy) is 2. The Kier molecular flexibility index (Phi) is 9.49. The van der Waals surface area contributed by atoms with Crippen molar-refractivity contribution in [3.05, 3.63) is 59.7 Å². The Morgan fingerprint density at radius 2 is 2.03 bits per heavy atom. The maximum Gasteiger partial charge on any atom is 0.308 e. The third kappa shape index (κ3) is 7.74. The van der Waals surface area contributed by atoms with E-state index < -0.39 is 17.9 Å². The van der Waals surface area contributed by atoms with Crippen LogP contribution in [0.3, 0.4) is 0 Å². The fourth-order valence-electron chi connectivity index (χ4n) is 3.55. The molecule has 0 bridgehead atoms. The minimum Gasteiger partial charge on any atom is -0.507 e. The molecule has 0 spiro atoms. The Morgan fingerprint density at radius 1 is 1.21 bits per heavy atom. The Morgan fingerprint density at radius 3 is 2.73 bits per heavy atom. The number of rotatable bonds is 11. The van der Waals surface area contributed by atoms with Gasteiger partial charge in [-0.15, -0.1) is 0 Å². The molecule has 1 unspecified atom stereocenters. The number of hydrazine groups is 1. The zero-order valence-electron chi connectivity index (χ0n) is 18.9. The maximum absolute atomic E-state index is 12.8. The largest absolute Gasteiger partial charge is 0.507 e. The Labute approximate surface area is 194 Å². The second kappa shape index (κ2) is 12.8. The third-order valence-corrected chi connectivity index (χ3v) is 5.19. The van der Waals surface area contributed by atoms with E-state index in [2.05, 4.69) is 21.1 Å². The van der Waals surface area contributed by atoms with Crippen molar-refractivity contribution >= 4 is 11.9 Å². The van der Waals surface area contributed by atoms with Crippen LogP contribution in [0.2, 0.25) is 0 Å². The molecule has 2 aromatic rings. The quantitative estimate of drug-likeness (QED) is 0.300. The highest BCUT2D eigenvalue weighted by molar-refractivity contribution is 5.97. The van der Waals surface area contributed by atoms with Crippen LogP contribution in [0.15, 0.2) is 48.5 Å². The normalized spacial score (nSPS) is 14.9. The first-order chi connectivity index (χ1) is 16.1. The number of aromatic hydroxyl groups is 1. The topological polar surface area (TPSA) is 112 Å². The van der Waals surface area contributed by atoms with Crippen LogP contribution in [0.25, 0.3) is 0 Å². The average Bonchev–Trinajstić information content (AvgIpc) is 2.83. The van der Waals surface area contributed by atoms with Crippen molar-refractivity contribution in [2.75, 3.05) is 39.5 Å². The van der Waals surface area contributed by atoms with E-state index in [1.165, 1.54) is 12.1 Å². The Hall–Kier alpha value is -3.14. The summed E-state index contributed by atoms with van der Waals surface area (Å²) in [5.41, 5.74) is 4.15. The van der Waals surface area contributed by atoms with E-state index in [4.69, 9.17) is 9.47 Å². The van der Waals surface area contributed by atoms with Gasteiger partial charge in [-0.2, -0.15) is 0 Å². The van der Waals surface area contributed by atoms with Crippen molar-refractivity contribution in [1.29, 1.82) is 0 Å². The van der Waals surface area contributed by atoms with Crippen molar-refractivity contribution in [3.63, 3.8) is 0 Å². The summed E-state index contributed by atoms with van der Waals surface area (Å²) in [4.78, 5) is 24.9. The highest BCUT2D eigenvalue weighted by Gasteiger charge is 2.21. The van der Waals surface area contributed by atoms with Crippen LogP contribution in [-0.4, -0.2) is 61.5 Å². The summed E-state index contributed by atoms with van der Waals surface area (Å²) in [5, 5.41) is 18.6. The molecule has 1 heterocycles. The van der Waals surface area contributed by atoms with Gasteiger partial charge in [0, 0.05) is 19.2 Å². The number of phenolic OH excluding ortho intramolecular Hbond substituents is 1. The molecule has 9 heteroatoms. The highest BCUT2D eigenvalue weighted by atomic mass is 16.5. The molecular formula is C24H32N4O5. The van der Waals surface area contributed by atoms with E-state index in [1.54, 1.807) is 13.0 Å². The summed E-state index contributed by atoms with van der Waals surface area (Å²) in [6, 6.07) is 13.2. The van der Waals surface area contributed by atoms with Gasteiger partial charge in [-0.3, -0.25) is 15.0 Å². The molecule has 1 amide bonds. The first-order valence-corrected chi connectivity index (χ1v) is 11.2. The van der Waals surface area contributed by atoms with Crippen molar-refractivity contribution in [2.24, 2.45) is 0 Å². The molecule has 2 aromatic carbocycles. The van der Waals surface area contributed by atoms with E-state index in [0.29, 0.717) is 18.9 Å². The lowest BCUT2D eigenvalue weighted by molar-refractivity contribution is -0.143. The van der Waals surface area contributed by atoms with Gasteiger partial charge >= 0.3 is 5.97 Å². The maximum atomic E-state index is 12.8. The number of benzene rings is 2. The number of nitrogens with one attached hydrogen (secondary N) is 3. The number of nitrogens with zero attached hydrogens (tertiary/aromatic N) is 1. The van der Waals surface area contributed by atoms with Gasteiger partial charge in [0.15, 0.2) is 0 Å². The molecule has 33 heavy (non-hydrogen) atoms. The molecule has 0 aliphatic carbocycles. The number of carbonyl (C=O) groups is 2. The number of carbonyl (C=O) groups excluding carboxylic acids is 2. The molecule has 1 saturated heterocycles.